The lowest BCUT2D eigenvalue weighted by Crippen LogP contribution is -2.63. The van der Waals surface area contributed by atoms with E-state index in [1.807, 2.05) is 61.5 Å². The highest BCUT2D eigenvalue weighted by molar-refractivity contribution is 6.35. The van der Waals surface area contributed by atoms with Crippen LogP contribution in [0.5, 0.6) is 17.2 Å². The predicted octanol–water partition coefficient (Wildman–Crippen LogP) is 6.08. The van der Waals surface area contributed by atoms with Crippen molar-refractivity contribution < 1.29 is 86.4 Å². The largest absolute Gasteiger partial charge is 0.496 e. The fourth-order valence-electron chi connectivity index (χ4n) is 14.0. The van der Waals surface area contributed by atoms with Crippen molar-refractivity contribution in [1.29, 1.82) is 0 Å². The number of allylic oxidation sites excluding steroid dienone is 3. The number of benzene rings is 1. The highest BCUT2D eigenvalue weighted by atomic mass is 35.5. The summed E-state index contributed by atoms with van der Waals surface area (Å²) in [5.74, 6) is -9.60. The summed E-state index contributed by atoms with van der Waals surface area (Å²) in [4.78, 5) is 194. The fraction of sp³-hybridized carbons (Fsp3) is 0.709. The minimum atomic E-state index is -1.61. The third kappa shape index (κ3) is 23.1. The summed E-state index contributed by atoms with van der Waals surface area (Å²) < 4.78 is 21.9. The molecule has 0 unspecified atom stereocenters. The Balaban J connectivity index is 0.00000107. The van der Waals surface area contributed by atoms with Gasteiger partial charge in [0.1, 0.15) is 82.5 Å². The molecule has 30 heteroatoms. The van der Waals surface area contributed by atoms with Gasteiger partial charge in [0.2, 0.25) is 76.4 Å². The third-order valence-corrected chi connectivity index (χ3v) is 20.9. The Morgan fingerprint density at radius 3 is 1.50 bits per heavy atom. The molecule has 29 nitrogen and oxygen atoms in total. The number of fused-ring (bicyclic) bond motifs is 1. The van der Waals surface area contributed by atoms with Crippen LogP contribution >= 0.6 is 11.6 Å². The van der Waals surface area contributed by atoms with Crippen molar-refractivity contribution in [1.82, 2.24) is 55.6 Å². The van der Waals surface area contributed by atoms with Crippen molar-refractivity contribution in [3.05, 3.63) is 40.6 Å². The Bertz CT molecular complexity index is 3490. The SMILES string of the molecule is C/C=C/C[C@@H](C)[C@@H](O)[C@H]1C(=O)N[C@@H](CC)C(=O)N(C)CC(=O)N(C)[C@@H](CC(C)C)C(=O)N[C@@H](C(C)C)C(=O)N(C)[C@@H](CC(C)C)C(=O)N[C@@H](C)C(=O)N[C@H](C)C(=O)N(C)[C@@H](CC(C)C)C(=O)N(C)[C@@H](CC(C)C)C(=O)N(C)[C@@H](C(C)C)C(=O)N1C.COC1=CC(=O)C[C@@H](C)[C@]12Oc1c(Cl)c(OC)cc(OC)c1C2=O. The van der Waals surface area contributed by atoms with Crippen LogP contribution in [0.15, 0.2) is 30.1 Å². The zero-order chi connectivity index (χ0) is 83.6. The molecule has 614 valence electrons. The normalized spacial score (nSPS) is 26.5. The molecule has 0 aromatic heterocycles. The maximum absolute atomic E-state index is 15.1. The zero-order valence-corrected chi connectivity index (χ0v) is 70.6. The van der Waals surface area contributed by atoms with Gasteiger partial charge >= 0.3 is 0 Å². The molecule has 1 aromatic carbocycles. The fourth-order valence-corrected chi connectivity index (χ4v) is 14.2. The van der Waals surface area contributed by atoms with Crippen LogP contribution in [0.1, 0.15) is 180 Å². The standard InChI is InChI=1S/C62H111N11O12.C17H17ClO6/c1-25-27-28-40(15)52(75)51-56(79)65-43(26-2)58(81)67(18)33-48(74)68(19)44(29-34(3)4)55(78)66-49(38(11)12)61(84)69(20)45(30-35(5)6)54(77)63-41(16)53(76)64-42(17)57(80)70(21)46(31-36(7)8)59(82)71(22)47(32-37(9)10)60(83)72(23)50(39(13)14)62(85)73(51)24;1-8-5-9(19)6-12(23-4)17(8)16(20)13-10(21-2)7-11(22-3)14(18)15(13)24-17/h25,27,34-47,49-52,75H,26,28-33H2,1-24H3,(H,63,77)(H,64,76)(H,65,79)(H,66,78);6-8H,5H2,1-4H3/b27-25+;/t40-,41+,42-,43+,44+,45+,46+,47+,49+,50+,51+,52-;8-,17+/m11/s1. The van der Waals surface area contributed by atoms with Gasteiger partial charge < -0.3 is 79.6 Å². The van der Waals surface area contributed by atoms with E-state index in [1.54, 1.807) is 61.5 Å². The first-order valence-electron chi connectivity index (χ1n) is 37.9. The number of hydrogen-bond donors (Lipinski definition) is 5. The minimum Gasteiger partial charge on any atom is -0.496 e. The Morgan fingerprint density at radius 2 is 1.02 bits per heavy atom. The second kappa shape index (κ2) is 41.6. The van der Waals surface area contributed by atoms with Gasteiger partial charge in [-0.3, -0.25) is 62.3 Å². The van der Waals surface area contributed by atoms with E-state index >= 15 is 9.59 Å². The van der Waals surface area contributed by atoms with Crippen molar-refractivity contribution in [3.8, 4) is 17.2 Å². The van der Waals surface area contributed by atoms with E-state index in [0.717, 1.165) is 9.80 Å². The number of ether oxygens (including phenoxy) is 4. The molecule has 11 amide bonds. The van der Waals surface area contributed by atoms with E-state index in [-0.39, 0.29) is 95.9 Å². The number of carbonyl (C=O) groups is 13. The van der Waals surface area contributed by atoms with Crippen molar-refractivity contribution in [2.75, 3.05) is 77.2 Å². The molecule has 1 aliphatic carbocycles. The van der Waals surface area contributed by atoms with Crippen LogP contribution < -0.4 is 35.5 Å². The summed E-state index contributed by atoms with van der Waals surface area (Å²) in [7, 11) is 14.2. The molecule has 2 aliphatic heterocycles. The molecule has 4 rings (SSSR count). The Hall–Kier alpha value is -8.34. The number of aliphatic hydroxyl groups excluding tert-OH is 1. The Morgan fingerprint density at radius 1 is 0.550 bits per heavy atom. The average molecular weight is 1560 g/mol. The maximum Gasteiger partial charge on any atom is 0.246 e. The van der Waals surface area contributed by atoms with Gasteiger partial charge in [0.25, 0.3) is 0 Å². The first kappa shape index (κ1) is 94.9. The van der Waals surface area contributed by atoms with Crippen LogP contribution in [0.3, 0.4) is 0 Å². The van der Waals surface area contributed by atoms with Gasteiger partial charge in [0.05, 0.1) is 34.0 Å². The van der Waals surface area contributed by atoms with Gasteiger partial charge in [-0.15, -0.1) is 0 Å². The first-order valence-corrected chi connectivity index (χ1v) is 38.3. The molecule has 0 radical (unpaired) electrons. The van der Waals surface area contributed by atoms with E-state index in [9.17, 15) is 57.8 Å². The molecule has 3 aliphatic rings. The Kier molecular flexibility index (Phi) is 36.2. The smallest absolute Gasteiger partial charge is 0.246 e. The van der Waals surface area contributed by atoms with Crippen molar-refractivity contribution >= 4 is 88.1 Å². The summed E-state index contributed by atoms with van der Waals surface area (Å²) >= 11 is 6.33. The van der Waals surface area contributed by atoms with E-state index in [0.29, 0.717) is 17.9 Å². The first-order chi connectivity index (χ1) is 50.6. The van der Waals surface area contributed by atoms with Crippen LogP contribution in [0.25, 0.3) is 0 Å². The highest BCUT2D eigenvalue weighted by Gasteiger charge is 2.60. The highest BCUT2D eigenvalue weighted by Crippen LogP contribution is 2.54. The van der Waals surface area contributed by atoms with Crippen LogP contribution in [0.2, 0.25) is 5.02 Å². The van der Waals surface area contributed by atoms with Gasteiger partial charge in [-0.2, -0.15) is 0 Å². The number of nitrogens with zero attached hydrogens (tertiary/aromatic N) is 7. The predicted molar refractivity (Wildman–Crippen MR) is 415 cm³/mol. The van der Waals surface area contributed by atoms with E-state index in [1.165, 1.54) is 121 Å². The van der Waals surface area contributed by atoms with E-state index < -0.39 is 167 Å². The summed E-state index contributed by atoms with van der Waals surface area (Å²) in [6.07, 6.45) is 4.52. The topological polar surface area (TPSA) is 350 Å². The second-order valence-electron chi connectivity index (χ2n) is 31.8. The molecule has 1 spiro atoms. The summed E-state index contributed by atoms with van der Waals surface area (Å²) in [5.41, 5.74) is -1.19. The molecule has 2 heterocycles. The number of aliphatic hydroxyl groups is 1. The van der Waals surface area contributed by atoms with Crippen molar-refractivity contribution in [2.45, 2.75) is 242 Å². The molecule has 1 saturated heterocycles. The third-order valence-electron chi connectivity index (χ3n) is 20.6. The quantitative estimate of drug-likeness (QED) is 0.104. The number of nitrogens with one attached hydrogen (secondary N) is 4. The van der Waals surface area contributed by atoms with E-state index in [2.05, 4.69) is 21.3 Å². The lowest BCUT2D eigenvalue weighted by atomic mass is 9.75. The number of hydrogen-bond acceptors (Lipinski definition) is 18. The number of likely N-dealkylation sites (N-methyl/N-ethyl adjacent to an activating group) is 7. The number of carbonyl (C=O) groups excluding carboxylic acids is 13. The second-order valence-corrected chi connectivity index (χ2v) is 32.2. The molecule has 1 fully saturated rings. The number of methoxy groups -OCH3 is 3. The molecule has 5 N–H and O–H groups in total. The Labute approximate surface area is 651 Å². The summed E-state index contributed by atoms with van der Waals surface area (Å²) in [6, 6.07) is -10.8. The van der Waals surface area contributed by atoms with Gasteiger partial charge in [-0.1, -0.05) is 128 Å². The molecule has 0 bridgehead atoms. The maximum atomic E-state index is 15.1. The van der Waals surface area contributed by atoms with Gasteiger partial charge in [-0.05, 0) is 101 Å². The van der Waals surface area contributed by atoms with Gasteiger partial charge in [0, 0.05) is 73.8 Å². The van der Waals surface area contributed by atoms with Crippen LogP contribution in [0, 0.1) is 47.3 Å². The number of rotatable bonds is 18. The van der Waals surface area contributed by atoms with Crippen molar-refractivity contribution in [2.24, 2.45) is 47.3 Å². The monoisotopic (exact) mass is 1550 g/mol. The van der Waals surface area contributed by atoms with Crippen LogP contribution in [0.4, 0.5) is 0 Å². The van der Waals surface area contributed by atoms with Crippen LogP contribution in [-0.2, 0) is 62.3 Å². The lowest BCUT2D eigenvalue weighted by molar-refractivity contribution is -0.157. The van der Waals surface area contributed by atoms with Gasteiger partial charge in [-0.25, -0.2) is 0 Å². The number of ketones is 2. The minimum absolute atomic E-state index is 0.0229. The number of Topliss-reactive ketones (excluding diaryl/α,β-unsaturated/α-hetero) is 1. The summed E-state index contributed by atoms with van der Waals surface area (Å²) in [5, 5.41) is 23.2. The van der Waals surface area contributed by atoms with E-state index in [4.69, 9.17) is 30.5 Å². The number of amides is 11. The van der Waals surface area contributed by atoms with Crippen molar-refractivity contribution in [3.63, 3.8) is 0 Å². The molecule has 14 atom stereocenters. The molecular formula is C79H128ClN11O18. The zero-order valence-electron chi connectivity index (χ0n) is 69.8. The molecular weight excluding hydrogens is 1430 g/mol. The molecule has 1 aromatic rings. The molecule has 109 heavy (non-hydrogen) atoms. The van der Waals surface area contributed by atoms with Gasteiger partial charge in [0.15, 0.2) is 17.3 Å². The summed E-state index contributed by atoms with van der Waals surface area (Å²) in [6.45, 7) is 31.1. The lowest BCUT2D eigenvalue weighted by Gasteiger charge is -2.41. The molecule has 0 saturated carbocycles. The average Bonchev–Trinajstić information content (AvgIpc) is 1.56. The number of halogens is 1. The van der Waals surface area contributed by atoms with Crippen LogP contribution in [-0.4, -0.2) is 265 Å².